The molecule has 2 atom stereocenters. The van der Waals surface area contributed by atoms with Gasteiger partial charge in [-0.3, -0.25) is 0 Å². The summed E-state index contributed by atoms with van der Waals surface area (Å²) in [6, 6.07) is 10.3. The Kier molecular flexibility index (Phi) is 5.46. The van der Waals surface area contributed by atoms with Crippen molar-refractivity contribution in [3.05, 3.63) is 57.9 Å². The third-order valence-corrected chi connectivity index (χ3v) is 5.24. The maximum Gasteiger partial charge on any atom is 0.348 e. The Morgan fingerprint density at radius 1 is 1.00 bits per heavy atom. The highest BCUT2D eigenvalue weighted by Crippen LogP contribution is 2.50. The fourth-order valence-corrected chi connectivity index (χ4v) is 3.92. The lowest BCUT2D eigenvalue weighted by Crippen LogP contribution is -2.33. The standard InChI is InChI=1S/C23H22O8/c1-5-29-23(25)21-18(17-15(27-3)10-12(26-2)11-16(17)28-4)19-20(31-21)13-8-6-7-9-14(13)30-22(19)24/h6-11,18,21H,5H2,1-4H3/t18-,21-/m1/s1. The van der Waals surface area contributed by atoms with E-state index in [1.807, 2.05) is 0 Å². The minimum atomic E-state index is -1.13. The summed E-state index contributed by atoms with van der Waals surface area (Å²) in [6.07, 6.45) is -1.13. The summed E-state index contributed by atoms with van der Waals surface area (Å²) in [5.74, 6) is 0.0569. The third-order valence-electron chi connectivity index (χ3n) is 5.24. The van der Waals surface area contributed by atoms with E-state index in [1.165, 1.54) is 21.3 Å². The van der Waals surface area contributed by atoms with E-state index in [4.69, 9.17) is 28.1 Å². The van der Waals surface area contributed by atoms with Crippen molar-refractivity contribution in [2.75, 3.05) is 27.9 Å². The van der Waals surface area contributed by atoms with E-state index in [0.717, 1.165) is 0 Å². The lowest BCUT2D eigenvalue weighted by atomic mass is 9.87. The van der Waals surface area contributed by atoms with Crippen LogP contribution in [0.5, 0.6) is 23.0 Å². The second-order valence-electron chi connectivity index (χ2n) is 6.84. The summed E-state index contributed by atoms with van der Waals surface area (Å²) in [7, 11) is 4.48. The van der Waals surface area contributed by atoms with Crippen molar-refractivity contribution in [2.24, 2.45) is 0 Å². The Morgan fingerprint density at radius 3 is 2.29 bits per heavy atom. The molecule has 1 aliphatic rings. The summed E-state index contributed by atoms with van der Waals surface area (Å²) in [6.45, 7) is 1.86. The number of carbonyl (C=O) groups excluding carboxylic acids is 1. The summed E-state index contributed by atoms with van der Waals surface area (Å²) in [5, 5.41) is 0.584. The van der Waals surface area contributed by atoms with Crippen molar-refractivity contribution in [3.63, 3.8) is 0 Å². The van der Waals surface area contributed by atoms with Crippen molar-refractivity contribution < 1.29 is 32.9 Å². The van der Waals surface area contributed by atoms with Crippen LogP contribution in [0.25, 0.3) is 11.0 Å². The van der Waals surface area contributed by atoms with Crippen molar-refractivity contribution in [3.8, 4) is 23.0 Å². The number of carbonyl (C=O) groups is 1. The first kappa shape index (κ1) is 20.6. The van der Waals surface area contributed by atoms with Crippen LogP contribution in [-0.2, 0) is 9.53 Å². The van der Waals surface area contributed by atoms with Gasteiger partial charge in [-0.05, 0) is 19.1 Å². The van der Waals surface area contributed by atoms with Crippen LogP contribution in [0, 0.1) is 0 Å². The van der Waals surface area contributed by atoms with Crippen molar-refractivity contribution in [2.45, 2.75) is 18.9 Å². The van der Waals surface area contributed by atoms with E-state index in [0.29, 0.717) is 33.8 Å². The molecule has 1 aromatic heterocycles. The van der Waals surface area contributed by atoms with E-state index < -0.39 is 23.6 Å². The smallest absolute Gasteiger partial charge is 0.348 e. The summed E-state index contributed by atoms with van der Waals surface area (Å²) in [4.78, 5) is 25.9. The molecule has 0 bridgehead atoms. The zero-order valence-corrected chi connectivity index (χ0v) is 17.6. The van der Waals surface area contributed by atoms with Gasteiger partial charge in [0.25, 0.3) is 0 Å². The van der Waals surface area contributed by atoms with Gasteiger partial charge in [-0.15, -0.1) is 0 Å². The summed E-state index contributed by atoms with van der Waals surface area (Å²) in [5.41, 5.74) is 0.428. The first-order chi connectivity index (χ1) is 15.0. The minimum absolute atomic E-state index is 0.161. The number of esters is 1. The Labute approximate surface area is 178 Å². The molecule has 0 saturated heterocycles. The highest BCUT2D eigenvalue weighted by Gasteiger charge is 2.47. The largest absolute Gasteiger partial charge is 0.496 e. The normalized spacial score (nSPS) is 17.0. The van der Waals surface area contributed by atoms with Gasteiger partial charge in [0.15, 0.2) is 0 Å². The van der Waals surface area contributed by atoms with Crippen molar-refractivity contribution in [1.82, 2.24) is 0 Å². The molecule has 2 aromatic carbocycles. The predicted octanol–water partition coefficient (Wildman–Crippen LogP) is 3.27. The molecule has 0 fully saturated rings. The van der Waals surface area contributed by atoms with Crippen LogP contribution in [0.3, 0.4) is 0 Å². The molecule has 8 nitrogen and oxygen atoms in total. The first-order valence-corrected chi connectivity index (χ1v) is 9.72. The van der Waals surface area contributed by atoms with E-state index in [-0.39, 0.29) is 17.9 Å². The zero-order chi connectivity index (χ0) is 22.1. The van der Waals surface area contributed by atoms with Gasteiger partial charge in [-0.2, -0.15) is 0 Å². The van der Waals surface area contributed by atoms with E-state index in [2.05, 4.69) is 0 Å². The quantitative estimate of drug-likeness (QED) is 0.438. The lowest BCUT2D eigenvalue weighted by molar-refractivity contribution is -0.151. The monoisotopic (exact) mass is 426 g/mol. The SMILES string of the molecule is CCOC(=O)[C@@H]1Oc2c(c(=O)oc3ccccc23)[C@H]1c1c(OC)cc(OC)cc1OC. The maximum absolute atomic E-state index is 13.1. The van der Waals surface area contributed by atoms with Gasteiger partial charge in [0, 0.05) is 17.7 Å². The van der Waals surface area contributed by atoms with Gasteiger partial charge in [-0.1, -0.05) is 12.1 Å². The summed E-state index contributed by atoms with van der Waals surface area (Å²) < 4.78 is 33.3. The van der Waals surface area contributed by atoms with Crippen molar-refractivity contribution in [1.29, 1.82) is 0 Å². The Morgan fingerprint density at radius 2 is 1.68 bits per heavy atom. The van der Waals surface area contributed by atoms with Crippen LogP contribution in [0.4, 0.5) is 0 Å². The highest BCUT2D eigenvalue weighted by atomic mass is 16.6. The fraction of sp³-hybridized carbons (Fsp3) is 0.304. The molecule has 1 aliphatic heterocycles. The molecular formula is C23H22O8. The fourth-order valence-electron chi connectivity index (χ4n) is 3.92. The molecule has 0 spiro atoms. The molecule has 8 heteroatoms. The number of hydrogen-bond donors (Lipinski definition) is 0. The van der Waals surface area contributed by atoms with Crippen LogP contribution in [0.15, 0.2) is 45.6 Å². The molecule has 0 N–H and O–H groups in total. The van der Waals surface area contributed by atoms with Gasteiger partial charge in [0.2, 0.25) is 6.10 Å². The molecule has 31 heavy (non-hydrogen) atoms. The van der Waals surface area contributed by atoms with E-state index in [1.54, 1.807) is 43.3 Å². The van der Waals surface area contributed by atoms with Gasteiger partial charge in [-0.25, -0.2) is 9.59 Å². The van der Waals surface area contributed by atoms with E-state index >= 15 is 0 Å². The molecule has 0 radical (unpaired) electrons. The highest BCUT2D eigenvalue weighted by molar-refractivity contribution is 5.89. The molecule has 0 saturated carbocycles. The molecule has 0 aliphatic carbocycles. The third kappa shape index (κ3) is 3.34. The van der Waals surface area contributed by atoms with Gasteiger partial charge >= 0.3 is 11.6 Å². The number of methoxy groups -OCH3 is 3. The van der Waals surface area contributed by atoms with Crippen LogP contribution in [0.2, 0.25) is 0 Å². The Hall–Kier alpha value is -3.68. The second kappa shape index (κ2) is 8.22. The van der Waals surface area contributed by atoms with Gasteiger partial charge in [0.1, 0.15) is 28.6 Å². The number of fused-ring (bicyclic) bond motifs is 3. The van der Waals surface area contributed by atoms with E-state index in [9.17, 15) is 9.59 Å². The maximum atomic E-state index is 13.1. The Balaban J connectivity index is 2.03. The van der Waals surface area contributed by atoms with Crippen molar-refractivity contribution >= 4 is 16.9 Å². The second-order valence-corrected chi connectivity index (χ2v) is 6.84. The van der Waals surface area contributed by atoms with Crippen LogP contribution >= 0.6 is 0 Å². The molecule has 0 amide bonds. The van der Waals surface area contributed by atoms with Crippen LogP contribution in [0.1, 0.15) is 24.0 Å². The Bertz CT molecular complexity index is 1170. The number of rotatable bonds is 6. The number of ether oxygens (including phenoxy) is 5. The lowest BCUT2D eigenvalue weighted by Gasteiger charge is -2.22. The van der Waals surface area contributed by atoms with Gasteiger partial charge < -0.3 is 28.1 Å². The molecule has 2 heterocycles. The number of benzene rings is 2. The minimum Gasteiger partial charge on any atom is -0.496 e. The molecule has 162 valence electrons. The predicted molar refractivity (Wildman–Crippen MR) is 111 cm³/mol. The number of para-hydroxylation sites is 1. The van der Waals surface area contributed by atoms with Gasteiger partial charge in [0.05, 0.1) is 44.8 Å². The topological polar surface area (TPSA) is 93.4 Å². The average Bonchev–Trinajstić information content (AvgIpc) is 3.19. The average molecular weight is 426 g/mol. The number of hydrogen-bond acceptors (Lipinski definition) is 8. The van der Waals surface area contributed by atoms with Crippen LogP contribution in [-0.4, -0.2) is 40.0 Å². The van der Waals surface area contributed by atoms with Crippen LogP contribution < -0.4 is 24.6 Å². The molecule has 0 unspecified atom stereocenters. The summed E-state index contributed by atoms with van der Waals surface area (Å²) >= 11 is 0. The molecule has 4 rings (SSSR count). The first-order valence-electron chi connectivity index (χ1n) is 9.72. The molecular weight excluding hydrogens is 404 g/mol. The molecule has 3 aromatic rings. The zero-order valence-electron chi connectivity index (χ0n) is 17.6.